The zero-order chi connectivity index (χ0) is 19.9. The molecule has 0 aliphatic heterocycles. The van der Waals surface area contributed by atoms with Crippen LogP contribution in [-0.2, 0) is 21.2 Å². The highest BCUT2D eigenvalue weighted by Gasteiger charge is 2.27. The van der Waals surface area contributed by atoms with Gasteiger partial charge in [-0.25, -0.2) is 12.8 Å². The fourth-order valence-corrected chi connectivity index (χ4v) is 4.23. The summed E-state index contributed by atoms with van der Waals surface area (Å²) in [6.07, 6.45) is 3.03. The van der Waals surface area contributed by atoms with E-state index in [1.165, 1.54) is 30.0 Å². The van der Waals surface area contributed by atoms with E-state index in [0.717, 1.165) is 18.1 Å². The highest BCUT2D eigenvalue weighted by molar-refractivity contribution is 7.98. The van der Waals surface area contributed by atoms with E-state index >= 15 is 0 Å². The van der Waals surface area contributed by atoms with Crippen LogP contribution in [0.25, 0.3) is 0 Å². The van der Waals surface area contributed by atoms with Crippen molar-refractivity contribution in [2.24, 2.45) is 0 Å². The van der Waals surface area contributed by atoms with Crippen LogP contribution in [-0.4, -0.2) is 32.4 Å². The topological polar surface area (TPSA) is 75.3 Å². The Morgan fingerprint density at radius 3 is 2.41 bits per heavy atom. The van der Waals surface area contributed by atoms with Gasteiger partial charge in [0.2, 0.25) is 15.9 Å². The number of thioether (sulfide) groups is 1. The quantitative estimate of drug-likeness (QED) is 0.664. The Kier molecular flexibility index (Phi) is 7.82. The van der Waals surface area contributed by atoms with Gasteiger partial charge in [-0.05, 0) is 54.7 Å². The van der Waals surface area contributed by atoms with Crippen LogP contribution in [0.3, 0.4) is 0 Å². The van der Waals surface area contributed by atoms with Gasteiger partial charge in [-0.3, -0.25) is 4.79 Å². The zero-order valence-electron chi connectivity index (χ0n) is 15.2. The molecule has 0 saturated carbocycles. The number of amides is 1. The lowest BCUT2D eigenvalue weighted by Gasteiger charge is -2.18. The summed E-state index contributed by atoms with van der Waals surface area (Å²) in [7, 11) is -4.16. The van der Waals surface area contributed by atoms with Gasteiger partial charge in [-0.15, -0.1) is 0 Å². The standard InChI is InChI=1S/C19H23FN2O3S2/c1-3-14-8-10-15(11-9-14)21-19(23)17(12-13-26-2)22-27(24,25)18-7-5-4-6-16(18)20/h4-11,17,22H,3,12-13H2,1-2H3,(H,21,23). The van der Waals surface area contributed by atoms with Crippen LogP contribution in [0.4, 0.5) is 10.1 Å². The molecular weight excluding hydrogens is 387 g/mol. The van der Waals surface area contributed by atoms with Gasteiger partial charge < -0.3 is 5.32 Å². The molecule has 2 aromatic rings. The molecule has 0 aliphatic rings. The molecule has 8 heteroatoms. The van der Waals surface area contributed by atoms with E-state index in [-0.39, 0.29) is 6.42 Å². The summed E-state index contributed by atoms with van der Waals surface area (Å²) in [5.74, 6) is -0.760. The maximum Gasteiger partial charge on any atom is 0.244 e. The molecule has 0 aromatic heterocycles. The summed E-state index contributed by atoms with van der Waals surface area (Å²) in [5.41, 5.74) is 1.71. The number of aryl methyl sites for hydroxylation is 1. The molecule has 2 N–H and O–H groups in total. The van der Waals surface area contributed by atoms with Crippen LogP contribution in [0, 0.1) is 5.82 Å². The lowest BCUT2D eigenvalue weighted by atomic mass is 10.1. The average molecular weight is 411 g/mol. The monoisotopic (exact) mass is 410 g/mol. The molecule has 0 aliphatic carbocycles. The second-order valence-corrected chi connectivity index (χ2v) is 8.59. The lowest BCUT2D eigenvalue weighted by Crippen LogP contribution is -2.44. The molecule has 1 atom stereocenters. The molecule has 0 saturated heterocycles. The number of rotatable bonds is 9. The molecule has 146 valence electrons. The minimum atomic E-state index is -4.16. The van der Waals surface area contributed by atoms with Crippen LogP contribution < -0.4 is 10.0 Å². The molecular formula is C19H23FN2O3S2. The summed E-state index contributed by atoms with van der Waals surface area (Å²) >= 11 is 1.49. The summed E-state index contributed by atoms with van der Waals surface area (Å²) in [6.45, 7) is 2.03. The van der Waals surface area contributed by atoms with Crippen molar-refractivity contribution >= 4 is 33.4 Å². The fraction of sp³-hybridized carbons (Fsp3) is 0.316. The minimum absolute atomic E-state index is 0.285. The van der Waals surface area contributed by atoms with Gasteiger partial charge in [0.05, 0.1) is 0 Å². The van der Waals surface area contributed by atoms with Crippen molar-refractivity contribution in [1.82, 2.24) is 4.72 Å². The largest absolute Gasteiger partial charge is 0.325 e. The van der Waals surface area contributed by atoms with Gasteiger partial charge in [-0.1, -0.05) is 31.2 Å². The fourth-order valence-electron chi connectivity index (χ4n) is 2.45. The Morgan fingerprint density at radius 1 is 1.15 bits per heavy atom. The highest BCUT2D eigenvalue weighted by Crippen LogP contribution is 2.16. The maximum absolute atomic E-state index is 13.9. The lowest BCUT2D eigenvalue weighted by molar-refractivity contribution is -0.117. The second kappa shape index (κ2) is 9.87. The van der Waals surface area contributed by atoms with Crippen molar-refractivity contribution in [2.75, 3.05) is 17.3 Å². The summed E-state index contributed by atoms with van der Waals surface area (Å²) < 4.78 is 41.3. The van der Waals surface area contributed by atoms with Gasteiger partial charge in [-0.2, -0.15) is 16.5 Å². The van der Waals surface area contributed by atoms with Crippen molar-refractivity contribution in [3.63, 3.8) is 0 Å². The van der Waals surface area contributed by atoms with Crippen LogP contribution >= 0.6 is 11.8 Å². The molecule has 0 heterocycles. The predicted molar refractivity (Wildman–Crippen MR) is 108 cm³/mol. The van der Waals surface area contributed by atoms with Crippen molar-refractivity contribution in [3.8, 4) is 0 Å². The molecule has 2 aromatic carbocycles. The van der Waals surface area contributed by atoms with Crippen molar-refractivity contribution in [2.45, 2.75) is 30.7 Å². The van der Waals surface area contributed by atoms with Crippen LogP contribution in [0.5, 0.6) is 0 Å². The first-order valence-corrected chi connectivity index (χ1v) is 11.4. The number of nitrogens with one attached hydrogen (secondary N) is 2. The predicted octanol–water partition coefficient (Wildman–Crippen LogP) is 3.43. The van der Waals surface area contributed by atoms with Crippen LogP contribution in [0.15, 0.2) is 53.4 Å². The van der Waals surface area contributed by atoms with E-state index < -0.39 is 32.7 Å². The number of hydrogen-bond acceptors (Lipinski definition) is 4. The Bertz CT molecular complexity index is 871. The molecule has 0 bridgehead atoms. The maximum atomic E-state index is 13.9. The highest BCUT2D eigenvalue weighted by atomic mass is 32.2. The molecule has 0 radical (unpaired) electrons. The van der Waals surface area contributed by atoms with Gasteiger partial charge in [0.15, 0.2) is 0 Å². The SMILES string of the molecule is CCc1ccc(NC(=O)C(CCSC)NS(=O)(=O)c2ccccc2F)cc1. The van der Waals surface area contributed by atoms with E-state index in [2.05, 4.69) is 10.0 Å². The first-order chi connectivity index (χ1) is 12.9. The van der Waals surface area contributed by atoms with E-state index in [1.807, 2.05) is 25.3 Å². The van der Waals surface area contributed by atoms with E-state index in [0.29, 0.717) is 11.4 Å². The smallest absolute Gasteiger partial charge is 0.244 e. The van der Waals surface area contributed by atoms with Crippen LogP contribution in [0.2, 0.25) is 0 Å². The molecule has 0 spiro atoms. The third-order valence-electron chi connectivity index (χ3n) is 3.98. The van der Waals surface area contributed by atoms with Gasteiger partial charge in [0.1, 0.15) is 16.8 Å². The summed E-state index contributed by atoms with van der Waals surface area (Å²) in [5, 5.41) is 2.72. The zero-order valence-corrected chi connectivity index (χ0v) is 16.9. The Hall–Kier alpha value is -1.90. The number of anilines is 1. The molecule has 1 unspecified atom stereocenters. The van der Waals surface area contributed by atoms with E-state index in [9.17, 15) is 17.6 Å². The van der Waals surface area contributed by atoms with Gasteiger partial charge in [0, 0.05) is 5.69 Å². The summed E-state index contributed by atoms with van der Waals surface area (Å²) in [4.78, 5) is 12.2. The van der Waals surface area contributed by atoms with Crippen LogP contribution in [0.1, 0.15) is 18.9 Å². The van der Waals surface area contributed by atoms with E-state index in [4.69, 9.17) is 0 Å². The average Bonchev–Trinajstić information content (AvgIpc) is 2.65. The first-order valence-electron chi connectivity index (χ1n) is 8.53. The normalized spacial score (nSPS) is 12.6. The number of halogens is 1. The Morgan fingerprint density at radius 2 is 1.81 bits per heavy atom. The number of hydrogen-bond donors (Lipinski definition) is 2. The number of carbonyl (C=O) groups is 1. The minimum Gasteiger partial charge on any atom is -0.325 e. The molecule has 1 amide bonds. The van der Waals surface area contributed by atoms with Crippen molar-refractivity contribution < 1.29 is 17.6 Å². The molecule has 2 rings (SSSR count). The number of sulfonamides is 1. The summed E-state index contributed by atoms with van der Waals surface area (Å²) in [6, 6.07) is 11.4. The Balaban J connectivity index is 2.18. The third kappa shape index (κ3) is 6.05. The van der Waals surface area contributed by atoms with Gasteiger partial charge in [0.25, 0.3) is 0 Å². The number of carbonyl (C=O) groups excluding carboxylic acids is 1. The van der Waals surface area contributed by atoms with Crippen molar-refractivity contribution in [1.29, 1.82) is 0 Å². The third-order valence-corrected chi connectivity index (χ3v) is 6.13. The van der Waals surface area contributed by atoms with Gasteiger partial charge >= 0.3 is 0 Å². The molecule has 27 heavy (non-hydrogen) atoms. The number of benzene rings is 2. The second-order valence-electron chi connectivity index (χ2n) is 5.93. The first kappa shape index (κ1) is 21.4. The Labute approximate surface area is 163 Å². The molecule has 5 nitrogen and oxygen atoms in total. The molecule has 0 fully saturated rings. The van der Waals surface area contributed by atoms with Crippen molar-refractivity contribution in [3.05, 3.63) is 59.9 Å². The van der Waals surface area contributed by atoms with E-state index in [1.54, 1.807) is 12.1 Å².